The Morgan fingerprint density at radius 1 is 1.21 bits per heavy atom. The number of fused-ring (bicyclic) bond motifs is 1. The third-order valence-corrected chi connectivity index (χ3v) is 4.00. The summed E-state index contributed by atoms with van der Waals surface area (Å²) in [4.78, 5) is 0. The highest BCUT2D eigenvalue weighted by atomic mass is 79.9. The molecule has 2 nitrogen and oxygen atoms in total. The molecule has 0 aromatic heterocycles. The fourth-order valence-corrected chi connectivity index (χ4v) is 2.91. The van der Waals surface area contributed by atoms with E-state index < -0.39 is 0 Å². The van der Waals surface area contributed by atoms with Crippen LogP contribution in [0.2, 0.25) is 0 Å². The lowest BCUT2D eigenvalue weighted by Gasteiger charge is -2.16. The van der Waals surface area contributed by atoms with Crippen LogP contribution >= 0.6 is 15.9 Å². The van der Waals surface area contributed by atoms with Gasteiger partial charge in [-0.2, -0.15) is 0 Å². The van der Waals surface area contributed by atoms with E-state index >= 15 is 0 Å². The van der Waals surface area contributed by atoms with E-state index in [-0.39, 0.29) is 11.9 Å². The second kappa shape index (κ2) is 4.85. The van der Waals surface area contributed by atoms with Crippen LogP contribution < -0.4 is 11.1 Å². The summed E-state index contributed by atoms with van der Waals surface area (Å²) in [5.74, 6) is -0.238. The van der Waals surface area contributed by atoms with Gasteiger partial charge in [0.2, 0.25) is 0 Å². The molecule has 19 heavy (non-hydrogen) atoms. The molecule has 0 fully saturated rings. The maximum Gasteiger partial charge on any atom is 0.147 e. The summed E-state index contributed by atoms with van der Waals surface area (Å²) in [6.45, 7) is 0. The van der Waals surface area contributed by atoms with E-state index in [1.807, 2.05) is 24.3 Å². The van der Waals surface area contributed by atoms with E-state index in [9.17, 15) is 4.39 Å². The lowest BCUT2D eigenvalue weighted by atomic mass is 10.1. The van der Waals surface area contributed by atoms with Crippen molar-refractivity contribution in [2.45, 2.75) is 18.9 Å². The molecule has 0 bridgehead atoms. The second-order valence-electron chi connectivity index (χ2n) is 4.82. The van der Waals surface area contributed by atoms with Crippen LogP contribution in [0.1, 0.15) is 23.6 Å². The van der Waals surface area contributed by atoms with Crippen LogP contribution in [-0.4, -0.2) is 0 Å². The third kappa shape index (κ3) is 2.45. The van der Waals surface area contributed by atoms with Gasteiger partial charge in [-0.05, 0) is 54.3 Å². The molecule has 1 aliphatic carbocycles. The summed E-state index contributed by atoms with van der Waals surface area (Å²) in [6, 6.07) is 11.2. The summed E-state index contributed by atoms with van der Waals surface area (Å²) in [5.41, 5.74) is 9.59. The van der Waals surface area contributed by atoms with Crippen molar-refractivity contribution < 1.29 is 4.39 Å². The van der Waals surface area contributed by atoms with Gasteiger partial charge in [0, 0.05) is 10.2 Å². The zero-order valence-electron chi connectivity index (χ0n) is 10.3. The molecule has 0 saturated heterocycles. The molecule has 0 radical (unpaired) electrons. The highest BCUT2D eigenvalue weighted by Gasteiger charge is 2.23. The van der Waals surface area contributed by atoms with Crippen LogP contribution in [-0.2, 0) is 6.42 Å². The van der Waals surface area contributed by atoms with Crippen molar-refractivity contribution in [3.8, 4) is 0 Å². The lowest BCUT2D eigenvalue weighted by Crippen LogP contribution is -2.08. The fourth-order valence-electron chi connectivity index (χ4n) is 2.58. The van der Waals surface area contributed by atoms with Gasteiger partial charge in [0.05, 0.1) is 11.7 Å². The van der Waals surface area contributed by atoms with Gasteiger partial charge in [0.1, 0.15) is 5.82 Å². The van der Waals surface area contributed by atoms with Gasteiger partial charge in [-0.15, -0.1) is 0 Å². The molecule has 98 valence electrons. The van der Waals surface area contributed by atoms with Gasteiger partial charge >= 0.3 is 0 Å². The minimum absolute atomic E-state index is 0.159. The van der Waals surface area contributed by atoms with Crippen LogP contribution in [0.3, 0.4) is 0 Å². The molecule has 3 N–H and O–H groups in total. The molecular formula is C15H14BrFN2. The van der Waals surface area contributed by atoms with Crippen LogP contribution in [0.25, 0.3) is 0 Å². The van der Waals surface area contributed by atoms with E-state index in [4.69, 9.17) is 5.73 Å². The lowest BCUT2D eigenvalue weighted by molar-refractivity contribution is 0.624. The number of hydrogen-bond donors (Lipinski definition) is 2. The number of halogens is 2. The van der Waals surface area contributed by atoms with Crippen LogP contribution in [0.15, 0.2) is 40.9 Å². The topological polar surface area (TPSA) is 38.0 Å². The minimum Gasteiger partial charge on any atom is -0.399 e. The predicted molar refractivity (Wildman–Crippen MR) is 79.6 cm³/mol. The SMILES string of the molecule is Nc1ccc2c(c1)CCC2Nc1ccc(Br)cc1F. The first-order valence-corrected chi connectivity index (χ1v) is 7.02. The van der Waals surface area contributed by atoms with Crippen molar-refractivity contribution in [3.63, 3.8) is 0 Å². The first-order chi connectivity index (χ1) is 9.13. The number of rotatable bonds is 2. The standard InChI is InChI=1S/C15H14BrFN2/c16-10-2-6-15(13(17)8-10)19-14-5-1-9-7-11(18)3-4-12(9)14/h2-4,6-8,14,19H,1,5,18H2. The molecule has 1 aliphatic rings. The van der Waals surface area contributed by atoms with Gasteiger partial charge < -0.3 is 11.1 Å². The van der Waals surface area contributed by atoms with Crippen molar-refractivity contribution in [1.29, 1.82) is 0 Å². The number of anilines is 2. The Bertz CT molecular complexity index is 628. The van der Waals surface area contributed by atoms with Gasteiger partial charge in [-0.25, -0.2) is 4.39 Å². The molecule has 0 heterocycles. The number of hydrogen-bond acceptors (Lipinski definition) is 2. The first kappa shape index (κ1) is 12.5. The Morgan fingerprint density at radius 3 is 2.84 bits per heavy atom. The van der Waals surface area contributed by atoms with Crippen molar-refractivity contribution in [2.75, 3.05) is 11.1 Å². The number of nitrogen functional groups attached to an aromatic ring is 1. The van der Waals surface area contributed by atoms with Gasteiger partial charge in [0.15, 0.2) is 0 Å². The normalized spacial score (nSPS) is 17.3. The fraction of sp³-hybridized carbons (Fsp3) is 0.200. The van der Waals surface area contributed by atoms with Crippen molar-refractivity contribution in [2.24, 2.45) is 0 Å². The predicted octanol–water partition coefficient (Wildman–Crippen LogP) is 4.27. The van der Waals surface area contributed by atoms with E-state index in [1.165, 1.54) is 17.2 Å². The Labute approximate surface area is 120 Å². The maximum atomic E-state index is 13.8. The Hall–Kier alpha value is -1.55. The highest BCUT2D eigenvalue weighted by Crippen LogP contribution is 2.35. The molecule has 0 amide bonds. The molecule has 3 rings (SSSR count). The maximum absolute atomic E-state index is 13.8. The summed E-state index contributed by atoms with van der Waals surface area (Å²) in [7, 11) is 0. The summed E-state index contributed by atoms with van der Waals surface area (Å²) in [6.07, 6.45) is 1.95. The number of aryl methyl sites for hydroxylation is 1. The van der Waals surface area contributed by atoms with Crippen LogP contribution in [0.5, 0.6) is 0 Å². The average molecular weight is 321 g/mol. The van der Waals surface area contributed by atoms with Gasteiger partial charge in [-0.1, -0.05) is 22.0 Å². The summed E-state index contributed by atoms with van der Waals surface area (Å²) in [5, 5.41) is 3.28. The first-order valence-electron chi connectivity index (χ1n) is 6.23. The Morgan fingerprint density at radius 2 is 2.05 bits per heavy atom. The number of benzene rings is 2. The largest absolute Gasteiger partial charge is 0.399 e. The molecule has 2 aromatic carbocycles. The minimum atomic E-state index is -0.238. The quantitative estimate of drug-likeness (QED) is 0.811. The van der Waals surface area contributed by atoms with Gasteiger partial charge in [0.25, 0.3) is 0 Å². The molecule has 0 aliphatic heterocycles. The van der Waals surface area contributed by atoms with E-state index in [2.05, 4.69) is 21.2 Å². The Kier molecular flexibility index (Phi) is 3.19. The highest BCUT2D eigenvalue weighted by molar-refractivity contribution is 9.10. The third-order valence-electron chi connectivity index (χ3n) is 3.51. The summed E-state index contributed by atoms with van der Waals surface area (Å²) < 4.78 is 14.6. The average Bonchev–Trinajstić information content (AvgIpc) is 2.75. The zero-order chi connectivity index (χ0) is 13.4. The van der Waals surface area contributed by atoms with E-state index in [1.54, 1.807) is 6.07 Å². The Balaban J connectivity index is 1.86. The van der Waals surface area contributed by atoms with Crippen molar-refractivity contribution in [1.82, 2.24) is 0 Å². The molecular weight excluding hydrogens is 307 g/mol. The van der Waals surface area contributed by atoms with E-state index in [0.29, 0.717) is 5.69 Å². The number of nitrogens with one attached hydrogen (secondary N) is 1. The van der Waals surface area contributed by atoms with Crippen molar-refractivity contribution in [3.05, 3.63) is 57.8 Å². The smallest absolute Gasteiger partial charge is 0.147 e. The van der Waals surface area contributed by atoms with E-state index in [0.717, 1.165) is 23.0 Å². The van der Waals surface area contributed by atoms with Crippen LogP contribution in [0, 0.1) is 5.82 Å². The molecule has 1 atom stereocenters. The summed E-state index contributed by atoms with van der Waals surface area (Å²) >= 11 is 3.26. The van der Waals surface area contributed by atoms with Crippen molar-refractivity contribution >= 4 is 27.3 Å². The molecule has 1 unspecified atom stereocenters. The molecule has 0 spiro atoms. The molecule has 0 saturated carbocycles. The monoisotopic (exact) mass is 320 g/mol. The molecule has 2 aromatic rings. The number of nitrogens with two attached hydrogens (primary N) is 1. The van der Waals surface area contributed by atoms with Crippen LogP contribution in [0.4, 0.5) is 15.8 Å². The second-order valence-corrected chi connectivity index (χ2v) is 5.73. The zero-order valence-corrected chi connectivity index (χ0v) is 11.9. The van der Waals surface area contributed by atoms with Gasteiger partial charge in [-0.3, -0.25) is 0 Å². The molecule has 4 heteroatoms.